The van der Waals surface area contributed by atoms with Gasteiger partial charge in [-0.25, -0.2) is 4.57 Å². The summed E-state index contributed by atoms with van der Waals surface area (Å²) in [5, 5.41) is 0. The van der Waals surface area contributed by atoms with E-state index < -0.39 is 68.1 Å². The standard InChI is InChI=1S/C14H20ClO12P/c1-6(16)22-5-10-11(23-7(2)17)12(24-8(3)18)13(25-9(4)19)14(26-10)27-28(15,20)21/h10-14H,5H2,1-4H3,(H,20,21)/t10-,11-,12+,13-,14?/m1/s1. The van der Waals surface area contributed by atoms with Gasteiger partial charge in [0.1, 0.15) is 12.7 Å². The fraction of sp³-hybridized carbons (Fsp3) is 0.714. The molecule has 28 heavy (non-hydrogen) atoms. The van der Waals surface area contributed by atoms with Gasteiger partial charge in [-0.05, 0) is 0 Å². The monoisotopic (exact) mass is 446 g/mol. The molecule has 0 bridgehead atoms. The number of carbonyl (C=O) groups is 4. The molecule has 1 aliphatic rings. The van der Waals surface area contributed by atoms with Gasteiger partial charge in [-0.2, -0.15) is 0 Å². The minimum atomic E-state index is -4.69. The van der Waals surface area contributed by atoms with Gasteiger partial charge in [-0.3, -0.25) is 23.7 Å². The van der Waals surface area contributed by atoms with Gasteiger partial charge in [0, 0.05) is 38.9 Å². The smallest absolute Gasteiger partial charge is 0.424 e. The quantitative estimate of drug-likeness (QED) is 0.326. The van der Waals surface area contributed by atoms with Crippen LogP contribution < -0.4 is 0 Å². The Labute approximate surface area is 164 Å². The molecule has 0 radical (unpaired) electrons. The number of halogens is 1. The maximum Gasteiger partial charge on any atom is 0.424 e. The summed E-state index contributed by atoms with van der Waals surface area (Å²) in [5.41, 5.74) is 0. The summed E-state index contributed by atoms with van der Waals surface area (Å²) in [7, 11) is 0. The molecule has 1 saturated heterocycles. The van der Waals surface area contributed by atoms with Gasteiger partial charge < -0.3 is 28.6 Å². The number of rotatable bonds is 7. The van der Waals surface area contributed by atoms with Crippen LogP contribution in [0.1, 0.15) is 27.7 Å². The molecule has 6 atom stereocenters. The molecular formula is C14H20ClO12P. The molecule has 14 heteroatoms. The number of ether oxygens (including phenoxy) is 5. The first-order chi connectivity index (χ1) is 12.8. The third-order valence-corrected chi connectivity index (χ3v) is 3.89. The molecule has 160 valence electrons. The molecule has 0 aliphatic carbocycles. The lowest BCUT2D eigenvalue weighted by Gasteiger charge is -2.43. The van der Waals surface area contributed by atoms with Gasteiger partial charge in [0.05, 0.1) is 0 Å². The normalized spacial score (nSPS) is 29.1. The van der Waals surface area contributed by atoms with Gasteiger partial charge in [0.2, 0.25) is 6.29 Å². The minimum absolute atomic E-state index is 0.504. The van der Waals surface area contributed by atoms with Gasteiger partial charge in [-0.15, -0.1) is 0 Å². The zero-order valence-corrected chi connectivity index (χ0v) is 17.0. The fourth-order valence-electron chi connectivity index (χ4n) is 2.40. The first-order valence-electron chi connectivity index (χ1n) is 7.81. The molecule has 1 fully saturated rings. The first-order valence-corrected chi connectivity index (χ1v) is 10.3. The van der Waals surface area contributed by atoms with E-state index in [0.29, 0.717) is 0 Å². The van der Waals surface area contributed by atoms with Crippen LogP contribution in [0.2, 0.25) is 0 Å². The Bertz CT molecular complexity index is 661. The van der Waals surface area contributed by atoms with E-state index in [1.54, 1.807) is 0 Å². The fourth-order valence-corrected chi connectivity index (χ4v) is 3.06. The lowest BCUT2D eigenvalue weighted by atomic mass is 9.98. The predicted octanol–water partition coefficient (Wildman–Crippen LogP) is 0.425. The van der Waals surface area contributed by atoms with Crippen molar-refractivity contribution in [3.05, 3.63) is 0 Å². The molecule has 1 heterocycles. The number of esters is 4. The second-order valence-electron chi connectivity index (χ2n) is 5.62. The van der Waals surface area contributed by atoms with Crippen LogP contribution in [0.4, 0.5) is 0 Å². The van der Waals surface area contributed by atoms with Crippen molar-refractivity contribution in [3.63, 3.8) is 0 Å². The zero-order chi connectivity index (χ0) is 21.6. The second kappa shape index (κ2) is 10.2. The van der Waals surface area contributed by atoms with Crippen LogP contribution >= 0.6 is 18.2 Å². The molecule has 1 N–H and O–H groups in total. The topological polar surface area (TPSA) is 161 Å². The van der Waals surface area contributed by atoms with Crippen LogP contribution in [-0.4, -0.2) is 66.1 Å². The molecular weight excluding hydrogens is 427 g/mol. The summed E-state index contributed by atoms with van der Waals surface area (Å²) in [6.07, 6.45) is -7.67. The average molecular weight is 447 g/mol. The Balaban J connectivity index is 3.34. The van der Waals surface area contributed by atoms with E-state index in [9.17, 15) is 28.6 Å². The summed E-state index contributed by atoms with van der Waals surface area (Å²) >= 11 is 5.21. The maximum atomic E-state index is 11.5. The lowest BCUT2D eigenvalue weighted by molar-refractivity contribution is -0.289. The van der Waals surface area contributed by atoms with E-state index in [0.717, 1.165) is 27.7 Å². The molecule has 0 spiro atoms. The van der Waals surface area contributed by atoms with Gasteiger partial charge >= 0.3 is 30.8 Å². The first kappa shape index (κ1) is 24.3. The van der Waals surface area contributed by atoms with Crippen molar-refractivity contribution in [1.29, 1.82) is 0 Å². The zero-order valence-electron chi connectivity index (χ0n) is 15.4. The van der Waals surface area contributed by atoms with E-state index in [2.05, 4.69) is 0 Å². The third kappa shape index (κ3) is 8.11. The van der Waals surface area contributed by atoms with Crippen LogP contribution in [0, 0.1) is 0 Å². The van der Waals surface area contributed by atoms with Crippen LogP contribution in [0.5, 0.6) is 0 Å². The molecule has 0 aromatic heterocycles. The summed E-state index contributed by atoms with van der Waals surface area (Å²) in [6, 6.07) is 0. The molecule has 0 aromatic rings. The Morgan fingerprint density at radius 1 is 0.893 bits per heavy atom. The van der Waals surface area contributed by atoms with Crippen molar-refractivity contribution >= 4 is 42.1 Å². The predicted molar refractivity (Wildman–Crippen MR) is 88.7 cm³/mol. The van der Waals surface area contributed by atoms with Gasteiger partial charge in [0.25, 0.3) is 0 Å². The lowest BCUT2D eigenvalue weighted by Crippen LogP contribution is -2.62. The molecule has 1 aliphatic heterocycles. The SMILES string of the molecule is CC(=O)OC[C@H]1OC(OP(=O)(O)Cl)[C@H](OC(C)=O)[C@@H](OC(C)=O)[C@@H]1OC(C)=O. The second-order valence-corrected chi connectivity index (χ2v) is 8.02. The number of carbonyl (C=O) groups excluding carboxylic acids is 4. The van der Waals surface area contributed by atoms with Crippen LogP contribution in [-0.2, 0) is 52.0 Å². The summed E-state index contributed by atoms with van der Waals surface area (Å²) in [4.78, 5) is 54.9. The van der Waals surface area contributed by atoms with Crippen LogP contribution in [0.3, 0.4) is 0 Å². The molecule has 0 saturated carbocycles. The summed E-state index contributed by atoms with van der Waals surface area (Å²) in [5.74, 6) is -3.27. The largest absolute Gasteiger partial charge is 0.463 e. The summed E-state index contributed by atoms with van der Waals surface area (Å²) in [6.45, 7) is -1.00. The van der Waals surface area contributed by atoms with Crippen molar-refractivity contribution in [2.24, 2.45) is 0 Å². The Morgan fingerprint density at radius 2 is 1.36 bits per heavy atom. The number of hydrogen-bond acceptors (Lipinski definition) is 11. The molecule has 0 amide bonds. The molecule has 1 rings (SSSR count). The van der Waals surface area contributed by atoms with Crippen molar-refractivity contribution in [1.82, 2.24) is 0 Å². The van der Waals surface area contributed by atoms with E-state index in [-0.39, 0.29) is 0 Å². The Hall–Kier alpha value is -1.72. The maximum absolute atomic E-state index is 11.5. The van der Waals surface area contributed by atoms with Crippen LogP contribution in [0.15, 0.2) is 0 Å². The highest BCUT2D eigenvalue weighted by molar-refractivity contribution is 7.80. The summed E-state index contributed by atoms with van der Waals surface area (Å²) < 4.78 is 41.6. The molecule has 0 aromatic carbocycles. The minimum Gasteiger partial charge on any atom is -0.463 e. The highest BCUT2D eigenvalue weighted by atomic mass is 35.7. The van der Waals surface area contributed by atoms with Crippen molar-refractivity contribution in [2.45, 2.75) is 58.4 Å². The third-order valence-electron chi connectivity index (χ3n) is 3.18. The van der Waals surface area contributed by atoms with E-state index in [1.165, 1.54) is 0 Å². The molecule has 12 nitrogen and oxygen atoms in total. The van der Waals surface area contributed by atoms with Crippen molar-refractivity contribution < 1.29 is 56.8 Å². The average Bonchev–Trinajstić information content (AvgIpc) is 2.48. The number of hydrogen-bond donors (Lipinski definition) is 1. The van der Waals surface area contributed by atoms with Gasteiger partial charge in [-0.1, -0.05) is 0 Å². The van der Waals surface area contributed by atoms with E-state index in [4.69, 9.17) is 39.4 Å². The highest BCUT2D eigenvalue weighted by Gasteiger charge is 2.54. The van der Waals surface area contributed by atoms with E-state index >= 15 is 0 Å². The Kier molecular flexibility index (Phi) is 8.83. The van der Waals surface area contributed by atoms with Gasteiger partial charge in [0.15, 0.2) is 18.3 Å². The highest BCUT2D eigenvalue weighted by Crippen LogP contribution is 2.50. The molecule has 2 unspecified atom stereocenters. The van der Waals surface area contributed by atoms with E-state index in [1.807, 2.05) is 0 Å². The van der Waals surface area contributed by atoms with Crippen molar-refractivity contribution in [3.8, 4) is 0 Å². The van der Waals surface area contributed by atoms with Crippen molar-refractivity contribution in [2.75, 3.05) is 6.61 Å². The Morgan fingerprint density at radius 3 is 1.79 bits per heavy atom. The van der Waals surface area contributed by atoms with Crippen LogP contribution in [0.25, 0.3) is 0 Å².